The molecule has 0 unspecified atom stereocenters. The van der Waals surface area contributed by atoms with E-state index in [0.29, 0.717) is 12.0 Å². The molecule has 0 aromatic heterocycles. The Morgan fingerprint density at radius 3 is 2.03 bits per heavy atom. The van der Waals surface area contributed by atoms with Crippen LogP contribution in [0, 0.1) is 12.8 Å². The molecule has 0 saturated carbocycles. The Balaban J connectivity index is 2.42. The minimum atomic E-state index is 0.431. The van der Waals surface area contributed by atoms with Crippen LogP contribution in [0.5, 0.6) is 11.5 Å². The maximum Gasteiger partial charge on any atom is 0.127 e. The SMILES string of the molecule is COc1cccc(OC)c1CN(Cc1cccc(C)c1)[C@@H](CC(C)C)CN(C)C. The predicted octanol–water partition coefficient (Wildman–Crippen LogP) is 4.99. The van der Waals surface area contributed by atoms with Gasteiger partial charge in [0.05, 0.1) is 19.8 Å². The molecule has 0 spiro atoms. The Bertz CT molecular complexity index is 726. The summed E-state index contributed by atoms with van der Waals surface area (Å²) in [5.74, 6) is 2.39. The fourth-order valence-electron chi connectivity index (χ4n) is 3.95. The molecular weight excluding hydrogens is 360 g/mol. The summed E-state index contributed by atoms with van der Waals surface area (Å²) in [6, 6.07) is 15.3. The van der Waals surface area contributed by atoms with E-state index >= 15 is 0 Å². The van der Waals surface area contributed by atoms with Crippen molar-refractivity contribution < 1.29 is 9.47 Å². The van der Waals surface area contributed by atoms with Gasteiger partial charge in [0.1, 0.15) is 11.5 Å². The van der Waals surface area contributed by atoms with E-state index in [-0.39, 0.29) is 0 Å². The number of hydrogen-bond donors (Lipinski definition) is 0. The van der Waals surface area contributed by atoms with Gasteiger partial charge in [-0.05, 0) is 51.1 Å². The quantitative estimate of drug-likeness (QED) is 0.532. The van der Waals surface area contributed by atoms with E-state index in [1.165, 1.54) is 11.1 Å². The molecule has 1 atom stereocenters. The molecule has 4 nitrogen and oxygen atoms in total. The highest BCUT2D eigenvalue weighted by atomic mass is 16.5. The van der Waals surface area contributed by atoms with Gasteiger partial charge < -0.3 is 14.4 Å². The minimum absolute atomic E-state index is 0.431. The number of aryl methyl sites for hydroxylation is 1. The molecule has 0 heterocycles. The molecule has 29 heavy (non-hydrogen) atoms. The van der Waals surface area contributed by atoms with E-state index in [0.717, 1.165) is 43.1 Å². The maximum atomic E-state index is 5.68. The van der Waals surface area contributed by atoms with E-state index in [2.05, 4.69) is 68.9 Å². The van der Waals surface area contributed by atoms with Crippen LogP contribution in [-0.4, -0.2) is 50.7 Å². The van der Waals surface area contributed by atoms with Gasteiger partial charge in [0, 0.05) is 25.7 Å². The molecule has 0 N–H and O–H groups in total. The second-order valence-electron chi connectivity index (χ2n) is 8.58. The van der Waals surface area contributed by atoms with Crippen LogP contribution >= 0.6 is 0 Å². The van der Waals surface area contributed by atoms with Crippen LogP contribution in [0.15, 0.2) is 42.5 Å². The zero-order valence-corrected chi connectivity index (χ0v) is 19.2. The van der Waals surface area contributed by atoms with E-state index in [1.54, 1.807) is 14.2 Å². The van der Waals surface area contributed by atoms with Gasteiger partial charge >= 0.3 is 0 Å². The zero-order chi connectivity index (χ0) is 21.4. The molecule has 0 bridgehead atoms. The van der Waals surface area contributed by atoms with Crippen molar-refractivity contribution >= 4 is 0 Å². The predicted molar refractivity (Wildman–Crippen MR) is 122 cm³/mol. The summed E-state index contributed by atoms with van der Waals surface area (Å²) in [6.45, 7) is 9.46. The van der Waals surface area contributed by atoms with Gasteiger partial charge in [0.15, 0.2) is 0 Å². The molecule has 0 fully saturated rings. The van der Waals surface area contributed by atoms with Crippen molar-refractivity contribution in [2.45, 2.75) is 46.3 Å². The minimum Gasteiger partial charge on any atom is -0.496 e. The third-order valence-electron chi connectivity index (χ3n) is 5.20. The molecule has 0 amide bonds. The van der Waals surface area contributed by atoms with Crippen molar-refractivity contribution in [2.24, 2.45) is 5.92 Å². The monoisotopic (exact) mass is 398 g/mol. The first kappa shape index (κ1) is 23.2. The van der Waals surface area contributed by atoms with E-state index in [1.807, 2.05) is 18.2 Å². The van der Waals surface area contributed by atoms with Crippen LogP contribution in [0.4, 0.5) is 0 Å². The molecule has 2 aromatic rings. The average molecular weight is 399 g/mol. The first-order valence-electron chi connectivity index (χ1n) is 10.5. The van der Waals surface area contributed by atoms with Crippen LogP contribution in [0.25, 0.3) is 0 Å². The van der Waals surface area contributed by atoms with E-state index in [4.69, 9.17) is 9.47 Å². The lowest BCUT2D eigenvalue weighted by molar-refractivity contribution is 0.125. The van der Waals surface area contributed by atoms with Crippen LogP contribution in [-0.2, 0) is 13.1 Å². The second kappa shape index (κ2) is 11.2. The Hall–Kier alpha value is -2.04. The third-order valence-corrected chi connectivity index (χ3v) is 5.20. The van der Waals surface area contributed by atoms with Crippen molar-refractivity contribution in [3.05, 3.63) is 59.2 Å². The van der Waals surface area contributed by atoms with Crippen LogP contribution in [0.3, 0.4) is 0 Å². The molecule has 0 aliphatic rings. The van der Waals surface area contributed by atoms with Crippen molar-refractivity contribution in [3.8, 4) is 11.5 Å². The van der Waals surface area contributed by atoms with Gasteiger partial charge in [-0.25, -0.2) is 0 Å². The van der Waals surface area contributed by atoms with Gasteiger partial charge in [0.2, 0.25) is 0 Å². The fraction of sp³-hybridized carbons (Fsp3) is 0.520. The first-order chi connectivity index (χ1) is 13.8. The van der Waals surface area contributed by atoms with Gasteiger partial charge in [-0.15, -0.1) is 0 Å². The molecule has 0 saturated heterocycles. The molecule has 0 radical (unpaired) electrons. The number of likely N-dealkylation sites (N-methyl/N-ethyl adjacent to an activating group) is 1. The maximum absolute atomic E-state index is 5.68. The number of ether oxygens (including phenoxy) is 2. The van der Waals surface area contributed by atoms with Crippen molar-refractivity contribution in [3.63, 3.8) is 0 Å². The molecule has 0 aliphatic heterocycles. The number of hydrogen-bond acceptors (Lipinski definition) is 4. The summed E-state index contributed by atoms with van der Waals surface area (Å²) in [4.78, 5) is 4.87. The van der Waals surface area contributed by atoms with E-state index < -0.39 is 0 Å². The molecule has 0 aliphatic carbocycles. The molecular formula is C25H38N2O2. The Morgan fingerprint density at radius 1 is 0.897 bits per heavy atom. The smallest absolute Gasteiger partial charge is 0.127 e. The lowest BCUT2D eigenvalue weighted by Crippen LogP contribution is -2.42. The first-order valence-corrected chi connectivity index (χ1v) is 10.5. The number of methoxy groups -OCH3 is 2. The van der Waals surface area contributed by atoms with Crippen molar-refractivity contribution in [2.75, 3.05) is 34.9 Å². The molecule has 2 aromatic carbocycles. The summed E-state index contributed by atoms with van der Waals surface area (Å²) in [5.41, 5.74) is 3.74. The zero-order valence-electron chi connectivity index (χ0n) is 19.2. The van der Waals surface area contributed by atoms with Gasteiger partial charge in [-0.3, -0.25) is 4.90 Å². The van der Waals surface area contributed by atoms with Crippen LogP contribution in [0.1, 0.15) is 37.0 Å². The summed E-state index contributed by atoms with van der Waals surface area (Å²) in [5, 5.41) is 0. The summed E-state index contributed by atoms with van der Waals surface area (Å²) in [6.07, 6.45) is 1.14. The van der Waals surface area contributed by atoms with Gasteiger partial charge in [-0.2, -0.15) is 0 Å². The van der Waals surface area contributed by atoms with Crippen LogP contribution in [0.2, 0.25) is 0 Å². The topological polar surface area (TPSA) is 24.9 Å². The highest BCUT2D eigenvalue weighted by molar-refractivity contribution is 5.44. The summed E-state index contributed by atoms with van der Waals surface area (Å²) < 4.78 is 11.4. The highest BCUT2D eigenvalue weighted by Gasteiger charge is 2.24. The average Bonchev–Trinajstić information content (AvgIpc) is 2.66. The number of rotatable bonds is 11. The van der Waals surface area contributed by atoms with Crippen molar-refractivity contribution in [1.82, 2.24) is 9.80 Å². The van der Waals surface area contributed by atoms with Crippen molar-refractivity contribution in [1.29, 1.82) is 0 Å². The Morgan fingerprint density at radius 2 is 1.52 bits per heavy atom. The highest BCUT2D eigenvalue weighted by Crippen LogP contribution is 2.31. The summed E-state index contributed by atoms with van der Waals surface area (Å²) in [7, 11) is 7.77. The molecule has 160 valence electrons. The fourth-order valence-corrected chi connectivity index (χ4v) is 3.95. The van der Waals surface area contributed by atoms with Crippen LogP contribution < -0.4 is 9.47 Å². The van der Waals surface area contributed by atoms with Gasteiger partial charge in [0.25, 0.3) is 0 Å². The lowest BCUT2D eigenvalue weighted by atomic mass is 9.99. The van der Waals surface area contributed by atoms with Gasteiger partial charge in [-0.1, -0.05) is 49.7 Å². The Labute approximate surface area is 177 Å². The molecule has 2 rings (SSSR count). The molecule has 4 heteroatoms. The summed E-state index contributed by atoms with van der Waals surface area (Å²) >= 11 is 0. The standard InChI is InChI=1S/C25H38N2O2/c1-19(2)14-22(17-26(4)5)27(16-21-11-8-10-20(3)15-21)18-23-24(28-6)12-9-13-25(23)29-7/h8-13,15,19,22H,14,16-18H2,1-7H3/t22-/m0/s1. The third kappa shape index (κ3) is 7.06. The normalized spacial score (nSPS) is 12.6. The second-order valence-corrected chi connectivity index (χ2v) is 8.58. The number of nitrogens with zero attached hydrogens (tertiary/aromatic N) is 2. The lowest BCUT2D eigenvalue weighted by Gasteiger charge is -2.35. The van der Waals surface area contributed by atoms with E-state index in [9.17, 15) is 0 Å². The number of benzene rings is 2. The Kier molecular flexibility index (Phi) is 8.99. The largest absolute Gasteiger partial charge is 0.496 e.